The van der Waals surface area contributed by atoms with Gasteiger partial charge in [0.05, 0.1) is 6.10 Å². The summed E-state index contributed by atoms with van der Waals surface area (Å²) in [4.78, 5) is 13.4. The molecule has 1 saturated heterocycles. The Balaban J connectivity index is 1.82. The molecule has 2 N–H and O–H groups in total. The van der Waals surface area contributed by atoms with Crippen molar-refractivity contribution in [2.45, 2.75) is 38.3 Å². The first-order valence-electron chi connectivity index (χ1n) is 5.40. The first kappa shape index (κ1) is 9.77. The fourth-order valence-corrected chi connectivity index (χ4v) is 1.81. The van der Waals surface area contributed by atoms with Crippen molar-refractivity contribution in [1.29, 1.82) is 0 Å². The standard InChI is InChI=1S/C10H18N2O2/c1-7-6-12(5-4-9(7)13)10(14)11-8-2-3-8/h7-9,13H,2-6H2,1H3,(H,11,14). The lowest BCUT2D eigenvalue weighted by molar-refractivity contribution is 0.0480. The Bertz CT molecular complexity index is 228. The van der Waals surface area contributed by atoms with E-state index >= 15 is 0 Å². The lowest BCUT2D eigenvalue weighted by Gasteiger charge is -2.34. The van der Waals surface area contributed by atoms with Gasteiger partial charge in [0.15, 0.2) is 0 Å². The summed E-state index contributed by atoms with van der Waals surface area (Å²) in [6, 6.07) is 0.468. The first-order chi connectivity index (χ1) is 6.66. The molecule has 80 valence electrons. The minimum absolute atomic E-state index is 0.0475. The smallest absolute Gasteiger partial charge is 0.317 e. The lowest BCUT2D eigenvalue weighted by Crippen LogP contribution is -2.49. The van der Waals surface area contributed by atoms with Crippen LogP contribution in [-0.4, -0.2) is 41.3 Å². The summed E-state index contributed by atoms with van der Waals surface area (Å²) in [5.41, 5.74) is 0. The molecular weight excluding hydrogens is 180 g/mol. The van der Waals surface area contributed by atoms with Crippen LogP contribution in [0.1, 0.15) is 26.2 Å². The van der Waals surface area contributed by atoms with Gasteiger partial charge in [-0.15, -0.1) is 0 Å². The number of rotatable bonds is 1. The van der Waals surface area contributed by atoms with E-state index in [0.717, 1.165) is 12.8 Å². The van der Waals surface area contributed by atoms with Crippen LogP contribution in [0.25, 0.3) is 0 Å². The van der Waals surface area contributed by atoms with E-state index in [4.69, 9.17) is 0 Å². The average Bonchev–Trinajstić information content (AvgIpc) is 2.93. The minimum atomic E-state index is -0.236. The second-order valence-corrected chi connectivity index (χ2v) is 4.50. The number of nitrogens with one attached hydrogen (secondary N) is 1. The molecule has 1 heterocycles. The number of urea groups is 1. The fourth-order valence-electron chi connectivity index (χ4n) is 1.81. The Morgan fingerprint density at radius 1 is 1.43 bits per heavy atom. The van der Waals surface area contributed by atoms with Gasteiger partial charge in [0.2, 0.25) is 0 Å². The number of hydrogen-bond acceptors (Lipinski definition) is 2. The van der Waals surface area contributed by atoms with Crippen LogP contribution in [0.3, 0.4) is 0 Å². The quantitative estimate of drug-likeness (QED) is 0.647. The Labute approximate surface area is 84.3 Å². The van der Waals surface area contributed by atoms with E-state index in [1.54, 1.807) is 0 Å². The highest BCUT2D eigenvalue weighted by molar-refractivity contribution is 5.75. The maximum Gasteiger partial charge on any atom is 0.317 e. The number of hydrogen-bond donors (Lipinski definition) is 2. The molecule has 14 heavy (non-hydrogen) atoms. The molecule has 2 unspecified atom stereocenters. The molecule has 0 bridgehead atoms. The number of aliphatic hydroxyl groups is 1. The molecule has 4 heteroatoms. The third-order valence-corrected chi connectivity index (χ3v) is 3.05. The van der Waals surface area contributed by atoms with Crippen molar-refractivity contribution < 1.29 is 9.90 Å². The summed E-state index contributed by atoms with van der Waals surface area (Å²) in [5, 5.41) is 12.5. The molecule has 1 saturated carbocycles. The van der Waals surface area contributed by atoms with Crippen LogP contribution >= 0.6 is 0 Å². The zero-order chi connectivity index (χ0) is 10.1. The molecule has 2 amide bonds. The molecule has 0 aromatic carbocycles. The van der Waals surface area contributed by atoms with Gasteiger partial charge in [0.25, 0.3) is 0 Å². The highest BCUT2D eigenvalue weighted by Gasteiger charge is 2.30. The van der Waals surface area contributed by atoms with E-state index < -0.39 is 0 Å². The third kappa shape index (κ3) is 2.18. The van der Waals surface area contributed by atoms with Gasteiger partial charge in [-0.1, -0.05) is 6.92 Å². The zero-order valence-corrected chi connectivity index (χ0v) is 8.57. The molecule has 1 aliphatic heterocycles. The van der Waals surface area contributed by atoms with E-state index in [-0.39, 0.29) is 18.1 Å². The van der Waals surface area contributed by atoms with Gasteiger partial charge in [-0.25, -0.2) is 4.79 Å². The van der Waals surface area contributed by atoms with Crippen molar-refractivity contribution in [1.82, 2.24) is 10.2 Å². The van der Waals surface area contributed by atoms with Crippen molar-refractivity contribution in [3.8, 4) is 0 Å². The van der Waals surface area contributed by atoms with Crippen molar-refractivity contribution >= 4 is 6.03 Å². The first-order valence-corrected chi connectivity index (χ1v) is 5.40. The number of aliphatic hydroxyl groups excluding tert-OH is 1. The second-order valence-electron chi connectivity index (χ2n) is 4.50. The molecular formula is C10H18N2O2. The fraction of sp³-hybridized carbons (Fsp3) is 0.900. The van der Waals surface area contributed by atoms with E-state index in [2.05, 4.69) is 5.32 Å². The van der Waals surface area contributed by atoms with E-state index in [1.807, 2.05) is 11.8 Å². The highest BCUT2D eigenvalue weighted by Crippen LogP contribution is 2.21. The number of carbonyl (C=O) groups is 1. The maximum atomic E-state index is 11.6. The number of piperidine rings is 1. The zero-order valence-electron chi connectivity index (χ0n) is 8.57. The molecule has 1 aliphatic carbocycles. The third-order valence-electron chi connectivity index (χ3n) is 3.05. The molecule has 4 nitrogen and oxygen atoms in total. The van der Waals surface area contributed by atoms with Crippen LogP contribution in [0.4, 0.5) is 4.79 Å². The SMILES string of the molecule is CC1CN(C(=O)NC2CC2)CCC1O. The summed E-state index contributed by atoms with van der Waals surface area (Å²) in [6.45, 7) is 3.35. The van der Waals surface area contributed by atoms with Crippen molar-refractivity contribution in [2.75, 3.05) is 13.1 Å². The van der Waals surface area contributed by atoms with Gasteiger partial charge in [-0.3, -0.25) is 0 Å². The molecule has 2 fully saturated rings. The van der Waals surface area contributed by atoms with Gasteiger partial charge in [-0.05, 0) is 25.2 Å². The van der Waals surface area contributed by atoms with E-state index in [1.165, 1.54) is 0 Å². The summed E-state index contributed by atoms with van der Waals surface area (Å²) in [6.07, 6.45) is 2.72. The lowest BCUT2D eigenvalue weighted by atomic mass is 9.97. The molecule has 2 aliphatic rings. The predicted molar refractivity (Wildman–Crippen MR) is 52.9 cm³/mol. The average molecular weight is 198 g/mol. The topological polar surface area (TPSA) is 52.6 Å². The second kappa shape index (κ2) is 3.77. The van der Waals surface area contributed by atoms with Crippen LogP contribution in [0, 0.1) is 5.92 Å². The molecule has 0 spiro atoms. The maximum absolute atomic E-state index is 11.6. The number of carbonyl (C=O) groups excluding carboxylic acids is 1. The number of likely N-dealkylation sites (tertiary alicyclic amines) is 1. The molecule has 0 aromatic rings. The van der Waals surface area contributed by atoms with Crippen molar-refractivity contribution in [2.24, 2.45) is 5.92 Å². The van der Waals surface area contributed by atoms with Crippen LogP contribution in [-0.2, 0) is 0 Å². The monoisotopic (exact) mass is 198 g/mol. The highest BCUT2D eigenvalue weighted by atomic mass is 16.3. The largest absolute Gasteiger partial charge is 0.393 e. The summed E-state index contributed by atoms with van der Waals surface area (Å²) in [7, 11) is 0. The van der Waals surface area contributed by atoms with Gasteiger partial charge in [-0.2, -0.15) is 0 Å². The van der Waals surface area contributed by atoms with Crippen LogP contribution in [0.2, 0.25) is 0 Å². The molecule has 0 radical (unpaired) electrons. The summed E-state index contributed by atoms with van der Waals surface area (Å²) >= 11 is 0. The molecule has 0 aromatic heterocycles. The van der Waals surface area contributed by atoms with Gasteiger partial charge in [0.1, 0.15) is 0 Å². The number of nitrogens with zero attached hydrogens (tertiary/aromatic N) is 1. The Morgan fingerprint density at radius 2 is 2.14 bits per heavy atom. The van der Waals surface area contributed by atoms with E-state index in [9.17, 15) is 9.90 Å². The normalized spacial score (nSPS) is 32.9. The molecule has 2 rings (SSSR count). The van der Waals surface area contributed by atoms with Crippen LogP contribution < -0.4 is 5.32 Å². The van der Waals surface area contributed by atoms with E-state index in [0.29, 0.717) is 25.6 Å². The predicted octanol–water partition coefficient (Wildman–Crippen LogP) is 0.561. The van der Waals surface area contributed by atoms with Crippen LogP contribution in [0.5, 0.6) is 0 Å². The minimum Gasteiger partial charge on any atom is -0.393 e. The number of amides is 2. The van der Waals surface area contributed by atoms with Crippen molar-refractivity contribution in [3.63, 3.8) is 0 Å². The molecule has 2 atom stereocenters. The summed E-state index contributed by atoms with van der Waals surface area (Å²) in [5.74, 6) is 0.203. The van der Waals surface area contributed by atoms with Gasteiger partial charge in [0, 0.05) is 19.1 Å². The Kier molecular flexibility index (Phi) is 2.63. The van der Waals surface area contributed by atoms with Crippen molar-refractivity contribution in [3.05, 3.63) is 0 Å². The summed E-state index contributed by atoms with van der Waals surface area (Å²) < 4.78 is 0. The van der Waals surface area contributed by atoms with Gasteiger partial charge >= 0.3 is 6.03 Å². The Morgan fingerprint density at radius 3 is 2.71 bits per heavy atom. The van der Waals surface area contributed by atoms with Gasteiger partial charge < -0.3 is 15.3 Å². The van der Waals surface area contributed by atoms with Crippen LogP contribution in [0.15, 0.2) is 0 Å². The Hall–Kier alpha value is -0.770.